The van der Waals surface area contributed by atoms with Gasteiger partial charge in [0.2, 0.25) is 5.95 Å². The SMILES string of the molecule is CC(F)(F)c1cccc(-c2ncnc(NCC3CC3)n2)n1. The summed E-state index contributed by atoms with van der Waals surface area (Å²) in [7, 11) is 0. The van der Waals surface area contributed by atoms with Crippen LogP contribution in [0.4, 0.5) is 14.7 Å². The summed E-state index contributed by atoms with van der Waals surface area (Å²) in [4.78, 5) is 16.2. The van der Waals surface area contributed by atoms with Gasteiger partial charge in [-0.05, 0) is 30.9 Å². The summed E-state index contributed by atoms with van der Waals surface area (Å²) in [5, 5.41) is 3.12. The Balaban J connectivity index is 1.83. The Hall–Kier alpha value is -2.18. The summed E-state index contributed by atoms with van der Waals surface area (Å²) in [6.07, 6.45) is 3.80. The van der Waals surface area contributed by atoms with Crippen molar-refractivity contribution in [3.05, 3.63) is 30.2 Å². The number of pyridine rings is 1. The Morgan fingerprint density at radius 2 is 2.05 bits per heavy atom. The highest BCUT2D eigenvalue weighted by Gasteiger charge is 2.26. The van der Waals surface area contributed by atoms with Crippen LogP contribution < -0.4 is 5.32 Å². The molecule has 1 saturated carbocycles. The third-order valence-electron chi connectivity index (χ3n) is 3.25. The third-order valence-corrected chi connectivity index (χ3v) is 3.25. The molecule has 0 aromatic carbocycles. The van der Waals surface area contributed by atoms with Crippen molar-refractivity contribution in [1.82, 2.24) is 19.9 Å². The van der Waals surface area contributed by atoms with Crippen LogP contribution in [0.3, 0.4) is 0 Å². The van der Waals surface area contributed by atoms with E-state index in [2.05, 4.69) is 25.3 Å². The Morgan fingerprint density at radius 3 is 2.76 bits per heavy atom. The van der Waals surface area contributed by atoms with E-state index in [0.29, 0.717) is 17.6 Å². The van der Waals surface area contributed by atoms with Gasteiger partial charge in [0.05, 0.1) is 0 Å². The number of hydrogen-bond donors (Lipinski definition) is 1. The van der Waals surface area contributed by atoms with Crippen LogP contribution in [0.1, 0.15) is 25.5 Å². The second kappa shape index (κ2) is 5.31. The van der Waals surface area contributed by atoms with Gasteiger partial charge < -0.3 is 5.32 Å². The lowest BCUT2D eigenvalue weighted by atomic mass is 10.2. The zero-order chi connectivity index (χ0) is 14.9. The molecule has 21 heavy (non-hydrogen) atoms. The molecule has 2 heterocycles. The van der Waals surface area contributed by atoms with Gasteiger partial charge in [0.25, 0.3) is 5.92 Å². The lowest BCUT2D eigenvalue weighted by Crippen LogP contribution is -2.11. The Labute approximate surface area is 120 Å². The number of aromatic nitrogens is 4. The van der Waals surface area contributed by atoms with Crippen LogP contribution in [0.15, 0.2) is 24.5 Å². The molecule has 0 spiro atoms. The van der Waals surface area contributed by atoms with E-state index in [1.165, 1.54) is 31.3 Å². The number of hydrogen-bond acceptors (Lipinski definition) is 5. The zero-order valence-electron chi connectivity index (χ0n) is 11.6. The van der Waals surface area contributed by atoms with Crippen molar-refractivity contribution in [2.24, 2.45) is 5.92 Å². The first-order chi connectivity index (χ1) is 10.0. The maximum atomic E-state index is 13.3. The maximum absolute atomic E-state index is 13.3. The van der Waals surface area contributed by atoms with Crippen LogP contribution in [0.5, 0.6) is 0 Å². The van der Waals surface area contributed by atoms with Crippen LogP contribution in [-0.2, 0) is 5.92 Å². The molecule has 0 aliphatic heterocycles. The van der Waals surface area contributed by atoms with Crippen molar-refractivity contribution >= 4 is 5.95 Å². The van der Waals surface area contributed by atoms with Crippen molar-refractivity contribution in [2.45, 2.75) is 25.7 Å². The maximum Gasteiger partial charge on any atom is 0.286 e. The molecule has 2 aromatic heterocycles. The minimum atomic E-state index is -2.99. The molecule has 7 heteroatoms. The van der Waals surface area contributed by atoms with Crippen LogP contribution in [0, 0.1) is 5.92 Å². The zero-order valence-corrected chi connectivity index (χ0v) is 11.6. The molecule has 1 N–H and O–H groups in total. The van der Waals surface area contributed by atoms with E-state index in [9.17, 15) is 8.78 Å². The molecule has 0 bridgehead atoms. The predicted molar refractivity (Wildman–Crippen MR) is 73.8 cm³/mol. The molecule has 0 radical (unpaired) electrons. The Kier molecular flexibility index (Phi) is 3.48. The van der Waals surface area contributed by atoms with Crippen LogP contribution >= 0.6 is 0 Å². The van der Waals surface area contributed by atoms with E-state index < -0.39 is 5.92 Å². The lowest BCUT2D eigenvalue weighted by molar-refractivity contribution is 0.0129. The van der Waals surface area contributed by atoms with Gasteiger partial charge in [0.15, 0.2) is 5.82 Å². The van der Waals surface area contributed by atoms with E-state index in [4.69, 9.17) is 0 Å². The molecule has 0 atom stereocenters. The monoisotopic (exact) mass is 291 g/mol. The number of nitrogens with zero attached hydrogens (tertiary/aromatic N) is 4. The summed E-state index contributed by atoms with van der Waals surface area (Å²) in [6.45, 7) is 1.64. The fraction of sp³-hybridized carbons (Fsp3) is 0.429. The van der Waals surface area contributed by atoms with Gasteiger partial charge in [0, 0.05) is 13.5 Å². The molecule has 1 aliphatic rings. The van der Waals surface area contributed by atoms with E-state index in [-0.39, 0.29) is 11.5 Å². The van der Waals surface area contributed by atoms with Gasteiger partial charge in [-0.25, -0.2) is 15.0 Å². The first kappa shape index (κ1) is 13.8. The Bertz CT molecular complexity index is 637. The summed E-state index contributed by atoms with van der Waals surface area (Å²) in [6, 6.07) is 4.42. The second-order valence-electron chi connectivity index (χ2n) is 5.25. The van der Waals surface area contributed by atoms with Gasteiger partial charge in [-0.15, -0.1) is 0 Å². The van der Waals surface area contributed by atoms with Crippen LogP contribution in [0.25, 0.3) is 11.5 Å². The number of alkyl halides is 2. The van der Waals surface area contributed by atoms with Crippen molar-refractivity contribution in [2.75, 3.05) is 11.9 Å². The standard InChI is InChI=1S/C14H15F2N5/c1-14(15,16)11-4-2-3-10(20-11)12-18-8-19-13(21-12)17-7-9-5-6-9/h2-4,8-9H,5-7H2,1H3,(H,17,18,19,21). The highest BCUT2D eigenvalue weighted by Crippen LogP contribution is 2.29. The molecule has 1 fully saturated rings. The predicted octanol–water partition coefficient (Wildman–Crippen LogP) is 2.87. The molecule has 0 saturated heterocycles. The summed E-state index contributed by atoms with van der Waals surface area (Å²) >= 11 is 0. The minimum absolute atomic E-state index is 0.286. The topological polar surface area (TPSA) is 63.6 Å². The molecule has 3 rings (SSSR count). The van der Waals surface area contributed by atoms with Gasteiger partial charge in [0.1, 0.15) is 17.7 Å². The van der Waals surface area contributed by atoms with E-state index in [1.807, 2.05) is 0 Å². The van der Waals surface area contributed by atoms with Crippen LogP contribution in [-0.4, -0.2) is 26.5 Å². The van der Waals surface area contributed by atoms with E-state index in [0.717, 1.165) is 13.5 Å². The number of halogens is 2. The largest absolute Gasteiger partial charge is 0.354 e. The van der Waals surface area contributed by atoms with Crippen molar-refractivity contribution < 1.29 is 8.78 Å². The van der Waals surface area contributed by atoms with Crippen molar-refractivity contribution in [1.29, 1.82) is 0 Å². The van der Waals surface area contributed by atoms with E-state index in [1.54, 1.807) is 6.07 Å². The highest BCUT2D eigenvalue weighted by molar-refractivity contribution is 5.50. The van der Waals surface area contributed by atoms with Gasteiger partial charge >= 0.3 is 0 Å². The van der Waals surface area contributed by atoms with Gasteiger partial charge in [-0.2, -0.15) is 13.8 Å². The Morgan fingerprint density at radius 1 is 1.24 bits per heavy atom. The number of nitrogens with one attached hydrogen (secondary N) is 1. The van der Waals surface area contributed by atoms with Gasteiger partial charge in [-0.3, -0.25) is 0 Å². The molecule has 0 amide bonds. The van der Waals surface area contributed by atoms with Crippen molar-refractivity contribution in [3.8, 4) is 11.5 Å². The normalized spacial score (nSPS) is 15.0. The summed E-state index contributed by atoms with van der Waals surface area (Å²) < 4.78 is 26.6. The molecule has 1 aliphatic carbocycles. The molecule has 110 valence electrons. The first-order valence-corrected chi connectivity index (χ1v) is 6.81. The smallest absolute Gasteiger partial charge is 0.286 e. The average Bonchev–Trinajstić information content (AvgIpc) is 3.29. The molecule has 0 unspecified atom stereocenters. The lowest BCUT2D eigenvalue weighted by Gasteiger charge is -2.10. The molecular formula is C14H15F2N5. The van der Waals surface area contributed by atoms with Gasteiger partial charge in [-0.1, -0.05) is 6.07 Å². The summed E-state index contributed by atoms with van der Waals surface area (Å²) in [5.74, 6) is -1.57. The van der Waals surface area contributed by atoms with E-state index >= 15 is 0 Å². The summed E-state index contributed by atoms with van der Waals surface area (Å²) in [5.41, 5.74) is 0.0128. The quantitative estimate of drug-likeness (QED) is 0.917. The molecule has 5 nitrogen and oxygen atoms in total. The number of rotatable bonds is 5. The average molecular weight is 291 g/mol. The van der Waals surface area contributed by atoms with Crippen molar-refractivity contribution in [3.63, 3.8) is 0 Å². The fourth-order valence-corrected chi connectivity index (χ4v) is 1.87. The molecule has 2 aromatic rings. The number of anilines is 1. The minimum Gasteiger partial charge on any atom is -0.354 e. The molecular weight excluding hydrogens is 276 g/mol. The third kappa shape index (κ3) is 3.48. The van der Waals surface area contributed by atoms with Crippen LogP contribution in [0.2, 0.25) is 0 Å². The highest BCUT2D eigenvalue weighted by atomic mass is 19.3. The second-order valence-corrected chi connectivity index (χ2v) is 5.25. The fourth-order valence-electron chi connectivity index (χ4n) is 1.87. The first-order valence-electron chi connectivity index (χ1n) is 6.81.